The number of ether oxygens (including phenoxy) is 1. The molecule has 4 nitrogen and oxygen atoms in total. The third-order valence-electron chi connectivity index (χ3n) is 5.38. The highest BCUT2D eigenvalue weighted by Gasteiger charge is 2.31. The lowest BCUT2D eigenvalue weighted by Crippen LogP contribution is -2.03. The second-order valence-electron chi connectivity index (χ2n) is 7.08. The summed E-state index contributed by atoms with van der Waals surface area (Å²) in [6.45, 7) is 4.56. The van der Waals surface area contributed by atoms with E-state index in [1.807, 2.05) is 30.3 Å². The first-order chi connectivity index (χ1) is 14.8. The van der Waals surface area contributed by atoms with E-state index < -0.39 is 0 Å². The standard InChI is InChI=1S/C25H21N3OS/c1-3-16-28-24(21-14-8-9-15-22(21)29-2)26-27-25(28)30-23-19-12-6-4-10-17(19)18-11-5-7-13-20(18)23/h3-15,23H,1,16H2,2H3. The highest BCUT2D eigenvalue weighted by molar-refractivity contribution is 7.99. The van der Waals surface area contributed by atoms with Crippen molar-refractivity contribution in [3.05, 3.63) is 96.6 Å². The van der Waals surface area contributed by atoms with E-state index in [2.05, 4.69) is 69.9 Å². The van der Waals surface area contributed by atoms with Crippen molar-refractivity contribution in [2.75, 3.05) is 7.11 Å². The van der Waals surface area contributed by atoms with E-state index in [1.165, 1.54) is 22.3 Å². The van der Waals surface area contributed by atoms with Gasteiger partial charge in [0.1, 0.15) is 5.75 Å². The van der Waals surface area contributed by atoms with Crippen molar-refractivity contribution < 1.29 is 4.74 Å². The lowest BCUT2D eigenvalue weighted by molar-refractivity contribution is 0.416. The van der Waals surface area contributed by atoms with Gasteiger partial charge in [0, 0.05) is 6.54 Å². The molecule has 0 spiro atoms. The summed E-state index contributed by atoms with van der Waals surface area (Å²) in [5.74, 6) is 1.57. The normalized spacial score (nSPS) is 12.4. The van der Waals surface area contributed by atoms with Crippen molar-refractivity contribution in [3.8, 4) is 28.3 Å². The number of thioether (sulfide) groups is 1. The van der Waals surface area contributed by atoms with E-state index in [0.717, 1.165) is 22.3 Å². The summed E-state index contributed by atoms with van der Waals surface area (Å²) in [7, 11) is 1.68. The van der Waals surface area contributed by atoms with Crippen LogP contribution in [0.3, 0.4) is 0 Å². The Morgan fingerprint density at radius 3 is 2.13 bits per heavy atom. The van der Waals surface area contributed by atoms with Crippen LogP contribution in [0.2, 0.25) is 0 Å². The van der Waals surface area contributed by atoms with Gasteiger partial charge >= 0.3 is 0 Å². The molecular formula is C25H21N3OS. The van der Waals surface area contributed by atoms with E-state index in [-0.39, 0.29) is 5.25 Å². The highest BCUT2D eigenvalue weighted by Crippen LogP contribution is 2.52. The van der Waals surface area contributed by atoms with Gasteiger partial charge in [0.15, 0.2) is 11.0 Å². The Kier molecular flexibility index (Phi) is 4.89. The summed E-state index contributed by atoms with van der Waals surface area (Å²) >= 11 is 1.73. The van der Waals surface area contributed by atoms with E-state index in [0.29, 0.717) is 6.54 Å². The van der Waals surface area contributed by atoms with Gasteiger partial charge in [-0.15, -0.1) is 16.8 Å². The van der Waals surface area contributed by atoms with Gasteiger partial charge in [0.05, 0.1) is 17.9 Å². The zero-order valence-corrected chi connectivity index (χ0v) is 17.5. The third kappa shape index (κ3) is 3.02. The van der Waals surface area contributed by atoms with Gasteiger partial charge in [0.25, 0.3) is 0 Å². The summed E-state index contributed by atoms with van der Waals surface area (Å²) in [6, 6.07) is 25.1. The van der Waals surface area contributed by atoms with Crippen LogP contribution in [-0.2, 0) is 6.54 Å². The number of hydrogen-bond acceptors (Lipinski definition) is 4. The zero-order valence-electron chi connectivity index (χ0n) is 16.7. The molecule has 0 aliphatic heterocycles. The molecule has 5 rings (SSSR count). The molecule has 0 N–H and O–H groups in total. The van der Waals surface area contributed by atoms with Crippen molar-refractivity contribution in [1.82, 2.24) is 14.8 Å². The molecular weight excluding hydrogens is 390 g/mol. The minimum atomic E-state index is 0.177. The van der Waals surface area contributed by atoms with Crippen LogP contribution in [0, 0.1) is 0 Å². The molecule has 1 aliphatic carbocycles. The SMILES string of the molecule is C=CCn1c(SC2c3ccccc3-c3ccccc32)nnc1-c1ccccc1OC. The average Bonchev–Trinajstić information content (AvgIpc) is 3.34. The quantitative estimate of drug-likeness (QED) is 0.365. The molecule has 0 bridgehead atoms. The average molecular weight is 412 g/mol. The monoisotopic (exact) mass is 411 g/mol. The number of aromatic nitrogens is 3. The fourth-order valence-corrected chi connectivity index (χ4v) is 5.29. The van der Waals surface area contributed by atoms with E-state index in [4.69, 9.17) is 4.74 Å². The van der Waals surface area contributed by atoms with Crippen molar-refractivity contribution in [2.24, 2.45) is 0 Å². The summed E-state index contributed by atoms with van der Waals surface area (Å²) in [4.78, 5) is 0. The molecule has 148 valence electrons. The molecule has 1 heterocycles. The largest absolute Gasteiger partial charge is 0.496 e. The number of methoxy groups -OCH3 is 1. The molecule has 4 aromatic rings. The number of nitrogens with zero attached hydrogens (tertiary/aromatic N) is 3. The van der Waals surface area contributed by atoms with Gasteiger partial charge in [-0.2, -0.15) is 0 Å². The molecule has 5 heteroatoms. The number of hydrogen-bond donors (Lipinski definition) is 0. The van der Waals surface area contributed by atoms with Gasteiger partial charge in [-0.1, -0.05) is 78.5 Å². The Labute approximate surface area is 180 Å². The number of benzene rings is 3. The van der Waals surface area contributed by atoms with Gasteiger partial charge < -0.3 is 4.74 Å². The predicted molar refractivity (Wildman–Crippen MR) is 122 cm³/mol. The maximum atomic E-state index is 5.55. The minimum Gasteiger partial charge on any atom is -0.496 e. The summed E-state index contributed by atoms with van der Waals surface area (Å²) in [5.41, 5.74) is 6.15. The molecule has 3 aromatic carbocycles. The van der Waals surface area contributed by atoms with Crippen molar-refractivity contribution >= 4 is 11.8 Å². The molecule has 1 aromatic heterocycles. The molecule has 0 saturated carbocycles. The molecule has 0 fully saturated rings. The fraction of sp³-hybridized carbons (Fsp3) is 0.120. The van der Waals surface area contributed by atoms with E-state index in [1.54, 1.807) is 18.9 Å². The molecule has 0 radical (unpaired) electrons. The van der Waals surface area contributed by atoms with Gasteiger partial charge in [0.2, 0.25) is 0 Å². The van der Waals surface area contributed by atoms with E-state index >= 15 is 0 Å². The molecule has 0 atom stereocenters. The van der Waals surface area contributed by atoms with Crippen LogP contribution < -0.4 is 4.74 Å². The van der Waals surface area contributed by atoms with Gasteiger partial charge in [-0.3, -0.25) is 4.57 Å². The fourth-order valence-electron chi connectivity index (χ4n) is 4.04. The molecule has 0 saturated heterocycles. The molecule has 0 unspecified atom stereocenters. The smallest absolute Gasteiger partial charge is 0.192 e. The van der Waals surface area contributed by atoms with Crippen LogP contribution in [0.4, 0.5) is 0 Å². The second-order valence-corrected chi connectivity index (χ2v) is 8.15. The first kappa shape index (κ1) is 18.7. The lowest BCUT2D eigenvalue weighted by Gasteiger charge is -2.14. The van der Waals surface area contributed by atoms with Crippen molar-refractivity contribution in [2.45, 2.75) is 17.0 Å². The summed E-state index contributed by atoms with van der Waals surface area (Å²) in [5, 5.41) is 10.1. The summed E-state index contributed by atoms with van der Waals surface area (Å²) < 4.78 is 7.66. The van der Waals surface area contributed by atoms with Crippen molar-refractivity contribution in [3.63, 3.8) is 0 Å². The minimum absolute atomic E-state index is 0.177. The van der Waals surface area contributed by atoms with Gasteiger partial charge in [-0.25, -0.2) is 0 Å². The maximum absolute atomic E-state index is 5.55. The van der Waals surface area contributed by atoms with Crippen LogP contribution in [0.25, 0.3) is 22.5 Å². The Morgan fingerprint density at radius 1 is 0.900 bits per heavy atom. The van der Waals surface area contributed by atoms with Crippen LogP contribution in [-0.4, -0.2) is 21.9 Å². The topological polar surface area (TPSA) is 39.9 Å². The highest BCUT2D eigenvalue weighted by atomic mass is 32.2. The number of fused-ring (bicyclic) bond motifs is 3. The number of rotatable bonds is 6. The first-order valence-electron chi connectivity index (χ1n) is 9.84. The zero-order chi connectivity index (χ0) is 20.5. The Hall–Kier alpha value is -3.31. The molecule has 30 heavy (non-hydrogen) atoms. The molecule has 1 aliphatic rings. The second kappa shape index (κ2) is 7.84. The van der Waals surface area contributed by atoms with Crippen LogP contribution in [0.15, 0.2) is 90.6 Å². The van der Waals surface area contributed by atoms with Crippen molar-refractivity contribution in [1.29, 1.82) is 0 Å². The van der Waals surface area contributed by atoms with Gasteiger partial charge in [-0.05, 0) is 34.4 Å². The molecule has 0 amide bonds. The summed E-state index contributed by atoms with van der Waals surface area (Å²) in [6.07, 6.45) is 1.88. The lowest BCUT2D eigenvalue weighted by atomic mass is 10.1. The Morgan fingerprint density at radius 2 is 1.50 bits per heavy atom. The third-order valence-corrected chi connectivity index (χ3v) is 6.63. The van der Waals surface area contributed by atoms with Crippen LogP contribution in [0.5, 0.6) is 5.75 Å². The van der Waals surface area contributed by atoms with Crippen LogP contribution in [0.1, 0.15) is 16.4 Å². The maximum Gasteiger partial charge on any atom is 0.192 e. The van der Waals surface area contributed by atoms with E-state index in [9.17, 15) is 0 Å². The number of para-hydroxylation sites is 1. The predicted octanol–water partition coefficient (Wildman–Crippen LogP) is 6.00. The number of allylic oxidation sites excluding steroid dienone is 1. The first-order valence-corrected chi connectivity index (χ1v) is 10.7. The van der Waals surface area contributed by atoms with Crippen LogP contribution >= 0.6 is 11.8 Å². The Balaban J connectivity index is 1.59. The Bertz CT molecular complexity index is 1190.